The number of benzene rings is 1. The Morgan fingerprint density at radius 1 is 1.38 bits per heavy atom. The monoisotopic (exact) mass is 302 g/mol. The number of ether oxygens (including phenoxy) is 1. The summed E-state index contributed by atoms with van der Waals surface area (Å²) in [5.41, 5.74) is 2.51. The van der Waals surface area contributed by atoms with Crippen LogP contribution in [0.3, 0.4) is 0 Å². The second-order valence-corrected chi connectivity index (χ2v) is 6.68. The number of thiazole rings is 1. The maximum atomic E-state index is 5.29. The normalized spacial score (nSPS) is 14.4. The van der Waals surface area contributed by atoms with Gasteiger partial charge in [-0.2, -0.15) is 0 Å². The molecule has 1 aliphatic rings. The molecule has 1 fully saturated rings. The summed E-state index contributed by atoms with van der Waals surface area (Å²) in [7, 11) is 1.71. The van der Waals surface area contributed by atoms with Crippen LogP contribution in [0.5, 0.6) is 5.75 Å². The predicted octanol–water partition coefficient (Wildman–Crippen LogP) is 3.56. The maximum absolute atomic E-state index is 5.29. The molecule has 0 aliphatic heterocycles. The molecule has 0 amide bonds. The molecule has 1 aromatic heterocycles. The van der Waals surface area contributed by atoms with Crippen molar-refractivity contribution >= 4 is 11.3 Å². The van der Waals surface area contributed by atoms with E-state index >= 15 is 0 Å². The lowest BCUT2D eigenvalue weighted by molar-refractivity contribution is 0.414. The first-order chi connectivity index (χ1) is 10.3. The molecule has 0 spiro atoms. The lowest BCUT2D eigenvalue weighted by Gasteiger charge is -2.02. The van der Waals surface area contributed by atoms with Gasteiger partial charge in [0.2, 0.25) is 0 Å². The van der Waals surface area contributed by atoms with Crippen LogP contribution in [0.2, 0.25) is 0 Å². The smallest absolute Gasteiger partial charge is 0.119 e. The first kappa shape index (κ1) is 14.5. The Labute approximate surface area is 130 Å². The Morgan fingerprint density at radius 2 is 2.24 bits per heavy atom. The Hall–Kier alpha value is -1.39. The van der Waals surface area contributed by atoms with E-state index in [0.29, 0.717) is 0 Å². The Kier molecular flexibility index (Phi) is 4.56. The van der Waals surface area contributed by atoms with E-state index in [0.717, 1.165) is 31.2 Å². The van der Waals surface area contributed by atoms with E-state index in [1.54, 1.807) is 7.11 Å². The van der Waals surface area contributed by atoms with E-state index in [9.17, 15) is 0 Å². The van der Waals surface area contributed by atoms with Crippen LogP contribution in [0, 0.1) is 0 Å². The van der Waals surface area contributed by atoms with Gasteiger partial charge in [0.05, 0.1) is 17.8 Å². The van der Waals surface area contributed by atoms with Gasteiger partial charge >= 0.3 is 0 Å². The molecular weight excluding hydrogens is 280 g/mol. The van der Waals surface area contributed by atoms with Gasteiger partial charge < -0.3 is 10.1 Å². The van der Waals surface area contributed by atoms with Crippen LogP contribution in [-0.4, -0.2) is 18.1 Å². The van der Waals surface area contributed by atoms with Crippen molar-refractivity contribution < 1.29 is 4.74 Å². The third kappa shape index (κ3) is 3.83. The number of rotatable bonds is 7. The van der Waals surface area contributed by atoms with E-state index < -0.39 is 0 Å². The molecule has 0 unspecified atom stereocenters. The molecule has 1 aromatic carbocycles. The minimum atomic E-state index is 0.749. The molecule has 0 saturated heterocycles. The van der Waals surface area contributed by atoms with E-state index in [-0.39, 0.29) is 0 Å². The van der Waals surface area contributed by atoms with Gasteiger partial charge in [-0.05, 0) is 37.0 Å². The van der Waals surface area contributed by atoms with Crippen molar-refractivity contribution in [3.8, 4) is 5.75 Å². The number of aryl methyl sites for hydroxylation is 1. The summed E-state index contributed by atoms with van der Waals surface area (Å²) in [4.78, 5) is 6.22. The Balaban J connectivity index is 1.71. The van der Waals surface area contributed by atoms with Crippen LogP contribution >= 0.6 is 11.3 Å². The van der Waals surface area contributed by atoms with E-state index in [2.05, 4.69) is 24.4 Å². The Bertz CT molecular complexity index is 605. The molecule has 1 heterocycles. The molecule has 1 N–H and O–H groups in total. The Morgan fingerprint density at radius 3 is 2.95 bits per heavy atom. The predicted molar refractivity (Wildman–Crippen MR) is 87.2 cm³/mol. The first-order valence-corrected chi connectivity index (χ1v) is 8.44. The standard InChI is InChI=1S/C17H22N2OS/c1-3-15-16(11-18-13-7-8-13)21-17(19-15)10-12-5-4-6-14(9-12)20-2/h4-6,9,13,18H,3,7-8,10-11H2,1-2H3. The van der Waals surface area contributed by atoms with E-state index in [1.165, 1.54) is 34.0 Å². The highest BCUT2D eigenvalue weighted by molar-refractivity contribution is 7.11. The zero-order valence-electron chi connectivity index (χ0n) is 12.7. The summed E-state index contributed by atoms with van der Waals surface area (Å²) in [6.45, 7) is 3.16. The number of aromatic nitrogens is 1. The van der Waals surface area contributed by atoms with Crippen LogP contribution < -0.4 is 10.1 Å². The van der Waals surface area contributed by atoms with Crippen LogP contribution in [0.4, 0.5) is 0 Å². The molecule has 1 aliphatic carbocycles. The molecule has 0 atom stereocenters. The number of nitrogens with zero attached hydrogens (tertiary/aromatic N) is 1. The molecule has 3 rings (SSSR count). The summed E-state index contributed by atoms with van der Waals surface area (Å²) in [5.74, 6) is 0.912. The van der Waals surface area contributed by atoms with E-state index in [1.807, 2.05) is 23.5 Å². The molecule has 112 valence electrons. The molecule has 2 aromatic rings. The van der Waals surface area contributed by atoms with Gasteiger partial charge in [0, 0.05) is 23.9 Å². The summed E-state index contributed by atoms with van der Waals surface area (Å²) >= 11 is 1.85. The van der Waals surface area contributed by atoms with Crippen molar-refractivity contribution in [2.24, 2.45) is 0 Å². The third-order valence-electron chi connectivity index (χ3n) is 3.78. The van der Waals surface area contributed by atoms with Crippen molar-refractivity contribution in [3.05, 3.63) is 45.4 Å². The summed E-state index contributed by atoms with van der Waals surface area (Å²) in [6.07, 6.45) is 4.56. The fraction of sp³-hybridized carbons (Fsp3) is 0.471. The van der Waals surface area contributed by atoms with Gasteiger partial charge in [-0.1, -0.05) is 19.1 Å². The molecular formula is C17H22N2OS. The summed E-state index contributed by atoms with van der Waals surface area (Å²) in [6, 6.07) is 9.00. The molecule has 4 heteroatoms. The molecule has 0 bridgehead atoms. The maximum Gasteiger partial charge on any atom is 0.119 e. The SMILES string of the molecule is CCc1nc(Cc2cccc(OC)c2)sc1CNC1CC1. The van der Waals surface area contributed by atoms with Crippen molar-refractivity contribution in [1.82, 2.24) is 10.3 Å². The van der Waals surface area contributed by atoms with Crippen molar-refractivity contribution in [2.45, 2.75) is 45.2 Å². The van der Waals surface area contributed by atoms with Crippen LogP contribution in [0.15, 0.2) is 24.3 Å². The van der Waals surface area contributed by atoms with Crippen molar-refractivity contribution in [1.29, 1.82) is 0 Å². The lowest BCUT2D eigenvalue weighted by Crippen LogP contribution is -2.15. The van der Waals surface area contributed by atoms with Crippen LogP contribution in [-0.2, 0) is 19.4 Å². The number of hydrogen-bond acceptors (Lipinski definition) is 4. The highest BCUT2D eigenvalue weighted by atomic mass is 32.1. The molecule has 1 saturated carbocycles. The molecule has 0 radical (unpaired) electrons. The quantitative estimate of drug-likeness (QED) is 0.849. The number of methoxy groups -OCH3 is 1. The zero-order chi connectivity index (χ0) is 14.7. The van der Waals surface area contributed by atoms with Crippen LogP contribution in [0.25, 0.3) is 0 Å². The average molecular weight is 302 g/mol. The topological polar surface area (TPSA) is 34.1 Å². The first-order valence-electron chi connectivity index (χ1n) is 7.62. The van der Waals surface area contributed by atoms with Gasteiger partial charge in [-0.25, -0.2) is 4.98 Å². The second-order valence-electron chi connectivity index (χ2n) is 5.51. The van der Waals surface area contributed by atoms with Gasteiger partial charge in [-0.15, -0.1) is 11.3 Å². The minimum absolute atomic E-state index is 0.749. The molecule has 21 heavy (non-hydrogen) atoms. The fourth-order valence-corrected chi connectivity index (χ4v) is 3.55. The highest BCUT2D eigenvalue weighted by Gasteiger charge is 2.21. The van der Waals surface area contributed by atoms with E-state index in [4.69, 9.17) is 9.72 Å². The second kappa shape index (κ2) is 6.58. The van der Waals surface area contributed by atoms with Gasteiger partial charge in [-0.3, -0.25) is 0 Å². The van der Waals surface area contributed by atoms with Crippen LogP contribution in [0.1, 0.15) is 40.9 Å². The zero-order valence-corrected chi connectivity index (χ0v) is 13.5. The highest BCUT2D eigenvalue weighted by Crippen LogP contribution is 2.25. The van der Waals surface area contributed by atoms with Gasteiger partial charge in [0.1, 0.15) is 5.75 Å². The van der Waals surface area contributed by atoms with Gasteiger partial charge in [0.25, 0.3) is 0 Å². The minimum Gasteiger partial charge on any atom is -0.497 e. The number of nitrogens with one attached hydrogen (secondary N) is 1. The van der Waals surface area contributed by atoms with Crippen molar-refractivity contribution in [3.63, 3.8) is 0 Å². The fourth-order valence-electron chi connectivity index (χ4n) is 2.41. The third-order valence-corrected chi connectivity index (χ3v) is 4.87. The lowest BCUT2D eigenvalue weighted by atomic mass is 10.1. The number of hydrogen-bond donors (Lipinski definition) is 1. The van der Waals surface area contributed by atoms with Gasteiger partial charge in [0.15, 0.2) is 0 Å². The summed E-state index contributed by atoms with van der Waals surface area (Å²) < 4.78 is 5.29. The average Bonchev–Trinajstić information content (AvgIpc) is 3.26. The largest absolute Gasteiger partial charge is 0.497 e. The molecule has 3 nitrogen and oxygen atoms in total. The van der Waals surface area contributed by atoms with Crippen molar-refractivity contribution in [2.75, 3.05) is 7.11 Å². The summed E-state index contributed by atoms with van der Waals surface area (Å²) in [5, 5.41) is 4.80.